The fourth-order valence-corrected chi connectivity index (χ4v) is 2.97. The highest BCUT2D eigenvalue weighted by Gasteiger charge is 2.12. The second kappa shape index (κ2) is 7.53. The molecule has 0 aliphatic heterocycles. The van der Waals surface area contributed by atoms with Crippen LogP contribution < -0.4 is 5.73 Å². The Bertz CT molecular complexity index is 597. The lowest BCUT2D eigenvalue weighted by molar-refractivity contribution is -0.131. The van der Waals surface area contributed by atoms with E-state index < -0.39 is 0 Å². The number of thiophene rings is 1. The Balaban J connectivity index is 1.86. The van der Waals surface area contributed by atoms with E-state index in [1.807, 2.05) is 12.1 Å². The van der Waals surface area contributed by atoms with Crippen molar-refractivity contribution in [3.63, 3.8) is 0 Å². The van der Waals surface area contributed by atoms with E-state index in [1.54, 1.807) is 22.8 Å². The molecule has 6 nitrogen and oxygen atoms in total. The number of aryl methyl sites for hydroxylation is 1. The number of hydrogen-bond acceptors (Lipinski definition) is 5. The van der Waals surface area contributed by atoms with Crippen molar-refractivity contribution in [2.24, 2.45) is 5.73 Å². The van der Waals surface area contributed by atoms with Crippen molar-refractivity contribution >= 4 is 28.8 Å². The molecule has 114 valence electrons. The SMILES string of the molecule is CN(Cc1ccc(Cl)s1)C(=O)Cn1cc(CCCN)nn1. The Hall–Kier alpha value is -1.44. The molecular weight excluding hydrogens is 310 g/mol. The second-order valence-corrected chi connectivity index (χ2v) is 6.55. The number of nitrogens with zero attached hydrogens (tertiary/aromatic N) is 4. The highest BCUT2D eigenvalue weighted by atomic mass is 35.5. The number of halogens is 1. The molecule has 2 N–H and O–H groups in total. The van der Waals surface area contributed by atoms with E-state index >= 15 is 0 Å². The first-order valence-electron chi connectivity index (χ1n) is 6.65. The van der Waals surface area contributed by atoms with Crippen molar-refractivity contribution in [3.8, 4) is 0 Å². The molecule has 0 fully saturated rings. The standard InChI is InChI=1S/C13H18ClN5OS/c1-18(8-11-4-5-12(14)21-11)13(20)9-19-7-10(16-17-19)3-2-6-15/h4-5,7H,2-3,6,8-9,15H2,1H3. The van der Waals surface area contributed by atoms with Crippen LogP contribution >= 0.6 is 22.9 Å². The number of amides is 1. The molecule has 0 saturated carbocycles. The van der Waals surface area contributed by atoms with E-state index in [0.29, 0.717) is 13.1 Å². The second-order valence-electron chi connectivity index (χ2n) is 4.76. The summed E-state index contributed by atoms with van der Waals surface area (Å²) in [4.78, 5) is 14.8. The summed E-state index contributed by atoms with van der Waals surface area (Å²) in [6, 6.07) is 3.76. The Labute approximate surface area is 132 Å². The van der Waals surface area contributed by atoms with Gasteiger partial charge in [0.15, 0.2) is 0 Å². The minimum atomic E-state index is -0.0187. The van der Waals surface area contributed by atoms with Crippen molar-refractivity contribution in [3.05, 3.63) is 33.2 Å². The lowest BCUT2D eigenvalue weighted by Crippen LogP contribution is -2.29. The first-order valence-corrected chi connectivity index (χ1v) is 7.85. The maximum Gasteiger partial charge on any atom is 0.244 e. The van der Waals surface area contributed by atoms with Crippen LogP contribution in [0.1, 0.15) is 17.0 Å². The molecule has 0 saturated heterocycles. The van der Waals surface area contributed by atoms with Crippen molar-refractivity contribution in [1.29, 1.82) is 0 Å². The Morgan fingerprint density at radius 2 is 2.33 bits per heavy atom. The summed E-state index contributed by atoms with van der Waals surface area (Å²) in [6.45, 7) is 1.36. The molecule has 0 atom stereocenters. The van der Waals surface area contributed by atoms with Gasteiger partial charge in [0.1, 0.15) is 6.54 Å². The van der Waals surface area contributed by atoms with Gasteiger partial charge in [-0.1, -0.05) is 16.8 Å². The Morgan fingerprint density at radius 1 is 1.52 bits per heavy atom. The van der Waals surface area contributed by atoms with Crippen LogP contribution in [0.2, 0.25) is 4.34 Å². The zero-order valence-electron chi connectivity index (χ0n) is 11.8. The van der Waals surface area contributed by atoms with Crippen LogP contribution in [-0.2, 0) is 24.3 Å². The summed E-state index contributed by atoms with van der Waals surface area (Å²) < 4.78 is 2.29. The molecule has 0 aliphatic carbocycles. The number of nitrogens with two attached hydrogens (primary N) is 1. The molecular formula is C13H18ClN5OS. The molecule has 8 heteroatoms. The third-order valence-corrected chi connectivity index (χ3v) is 4.18. The molecule has 1 amide bonds. The number of carbonyl (C=O) groups is 1. The number of aromatic nitrogens is 3. The summed E-state index contributed by atoms with van der Waals surface area (Å²) in [7, 11) is 1.77. The van der Waals surface area contributed by atoms with Gasteiger partial charge in [0, 0.05) is 18.1 Å². The maximum absolute atomic E-state index is 12.1. The minimum absolute atomic E-state index is 0.0187. The molecule has 0 spiro atoms. The zero-order chi connectivity index (χ0) is 15.2. The lowest BCUT2D eigenvalue weighted by atomic mass is 10.2. The smallest absolute Gasteiger partial charge is 0.244 e. The van der Waals surface area contributed by atoms with Crippen molar-refractivity contribution < 1.29 is 4.79 Å². The van der Waals surface area contributed by atoms with Crippen LogP contribution in [0.25, 0.3) is 0 Å². The van der Waals surface area contributed by atoms with E-state index in [9.17, 15) is 4.79 Å². The maximum atomic E-state index is 12.1. The summed E-state index contributed by atoms with van der Waals surface area (Å²) in [6.07, 6.45) is 3.45. The first kappa shape index (κ1) is 15.9. The highest BCUT2D eigenvalue weighted by Crippen LogP contribution is 2.22. The van der Waals surface area contributed by atoms with Gasteiger partial charge in [0.2, 0.25) is 5.91 Å². The van der Waals surface area contributed by atoms with Gasteiger partial charge in [-0.15, -0.1) is 16.4 Å². The van der Waals surface area contributed by atoms with E-state index in [4.69, 9.17) is 17.3 Å². The first-order chi connectivity index (χ1) is 10.1. The largest absolute Gasteiger partial charge is 0.339 e. The van der Waals surface area contributed by atoms with Crippen molar-refractivity contribution in [2.75, 3.05) is 13.6 Å². The third-order valence-electron chi connectivity index (χ3n) is 2.97. The average molecular weight is 328 g/mol. The lowest BCUT2D eigenvalue weighted by Gasteiger charge is -2.15. The van der Waals surface area contributed by atoms with Crippen LogP contribution in [0.4, 0.5) is 0 Å². The molecule has 2 aromatic heterocycles. The van der Waals surface area contributed by atoms with Crippen LogP contribution in [0.5, 0.6) is 0 Å². The minimum Gasteiger partial charge on any atom is -0.339 e. The van der Waals surface area contributed by atoms with Crippen molar-refractivity contribution in [1.82, 2.24) is 19.9 Å². The Kier molecular flexibility index (Phi) is 5.72. The van der Waals surface area contributed by atoms with Gasteiger partial charge in [-0.05, 0) is 31.5 Å². The predicted molar refractivity (Wildman–Crippen MR) is 83.2 cm³/mol. The van der Waals surface area contributed by atoms with Crippen LogP contribution in [0, 0.1) is 0 Å². The molecule has 0 unspecified atom stereocenters. The number of hydrogen-bond donors (Lipinski definition) is 1. The summed E-state index contributed by atoms with van der Waals surface area (Å²) in [5.41, 5.74) is 6.32. The zero-order valence-corrected chi connectivity index (χ0v) is 13.4. The third kappa shape index (κ3) is 4.80. The van der Waals surface area contributed by atoms with Gasteiger partial charge in [0.25, 0.3) is 0 Å². The van der Waals surface area contributed by atoms with Gasteiger partial charge in [0.05, 0.1) is 16.6 Å². The molecule has 21 heavy (non-hydrogen) atoms. The summed E-state index contributed by atoms with van der Waals surface area (Å²) in [5, 5.41) is 7.99. The molecule has 0 bridgehead atoms. The van der Waals surface area contributed by atoms with Gasteiger partial charge < -0.3 is 10.6 Å². The fraction of sp³-hybridized carbons (Fsp3) is 0.462. The number of likely N-dealkylation sites (N-methyl/N-ethyl adjacent to an activating group) is 1. The van der Waals surface area contributed by atoms with E-state index in [1.165, 1.54) is 11.3 Å². The summed E-state index contributed by atoms with van der Waals surface area (Å²) >= 11 is 7.36. The molecule has 2 rings (SSSR count). The molecule has 0 aromatic carbocycles. The van der Waals surface area contributed by atoms with E-state index in [2.05, 4.69) is 10.3 Å². The van der Waals surface area contributed by atoms with Crippen LogP contribution in [0.15, 0.2) is 18.3 Å². The van der Waals surface area contributed by atoms with Gasteiger partial charge in [-0.25, -0.2) is 4.68 Å². The quantitative estimate of drug-likeness (QED) is 0.837. The Morgan fingerprint density at radius 3 is 3.00 bits per heavy atom. The number of carbonyl (C=O) groups excluding carboxylic acids is 1. The number of rotatable bonds is 7. The molecule has 2 heterocycles. The van der Waals surface area contributed by atoms with Crippen LogP contribution in [0.3, 0.4) is 0 Å². The van der Waals surface area contributed by atoms with Crippen molar-refractivity contribution in [2.45, 2.75) is 25.9 Å². The highest BCUT2D eigenvalue weighted by molar-refractivity contribution is 7.16. The topological polar surface area (TPSA) is 77.0 Å². The molecule has 0 radical (unpaired) electrons. The predicted octanol–water partition coefficient (Wildman–Crippen LogP) is 1.54. The fourth-order valence-electron chi connectivity index (χ4n) is 1.83. The van der Waals surface area contributed by atoms with Gasteiger partial charge >= 0.3 is 0 Å². The molecule has 0 aliphatic rings. The summed E-state index contributed by atoms with van der Waals surface area (Å²) in [5.74, 6) is -0.0187. The normalized spacial score (nSPS) is 10.8. The van der Waals surface area contributed by atoms with E-state index in [0.717, 1.165) is 27.7 Å². The van der Waals surface area contributed by atoms with Gasteiger partial charge in [-0.3, -0.25) is 4.79 Å². The van der Waals surface area contributed by atoms with Gasteiger partial charge in [-0.2, -0.15) is 0 Å². The van der Waals surface area contributed by atoms with E-state index in [-0.39, 0.29) is 12.5 Å². The molecule has 2 aromatic rings. The monoisotopic (exact) mass is 327 g/mol. The average Bonchev–Trinajstić information content (AvgIpc) is 3.05. The van der Waals surface area contributed by atoms with Crippen LogP contribution in [-0.4, -0.2) is 39.4 Å².